The van der Waals surface area contributed by atoms with E-state index in [1.54, 1.807) is 49.9 Å². The number of hydrogen-bond donors (Lipinski definition) is 0. The minimum Gasteiger partial charge on any atom is -0.463 e. The molecule has 0 bridgehead atoms. The molecular weight excluding hydrogens is 484 g/mol. The van der Waals surface area contributed by atoms with Crippen LogP contribution in [0.3, 0.4) is 0 Å². The molecular formula is C27H29ClN2O4S. The third kappa shape index (κ3) is 7.23. The molecule has 1 heterocycles. The Kier molecular flexibility index (Phi) is 8.81. The van der Waals surface area contributed by atoms with Crippen molar-refractivity contribution in [2.45, 2.75) is 46.6 Å². The highest BCUT2D eigenvalue weighted by Gasteiger charge is 2.35. The molecule has 0 aliphatic carbocycles. The maximum absolute atomic E-state index is 13.3. The zero-order valence-electron chi connectivity index (χ0n) is 20.5. The Morgan fingerprint density at radius 1 is 1.20 bits per heavy atom. The molecule has 1 saturated heterocycles. The first-order chi connectivity index (χ1) is 16.6. The number of esters is 1. The van der Waals surface area contributed by atoms with Crippen LogP contribution in [0.5, 0.6) is 5.75 Å². The molecule has 35 heavy (non-hydrogen) atoms. The van der Waals surface area contributed by atoms with Crippen molar-refractivity contribution in [3.8, 4) is 5.75 Å². The van der Waals surface area contributed by atoms with Gasteiger partial charge in [-0.1, -0.05) is 42.8 Å². The summed E-state index contributed by atoms with van der Waals surface area (Å²) in [5.41, 5.74) is 1.98. The second-order valence-corrected chi connectivity index (χ2v) is 10.3. The Labute approximate surface area is 215 Å². The van der Waals surface area contributed by atoms with Crippen LogP contribution in [0.2, 0.25) is 5.02 Å². The van der Waals surface area contributed by atoms with Crippen molar-refractivity contribution in [2.75, 3.05) is 11.4 Å². The van der Waals surface area contributed by atoms with Crippen molar-refractivity contribution in [3.05, 3.63) is 75.9 Å². The fourth-order valence-corrected chi connectivity index (χ4v) is 4.40. The number of benzene rings is 2. The van der Waals surface area contributed by atoms with Gasteiger partial charge in [-0.05, 0) is 81.3 Å². The molecule has 0 spiro atoms. The zero-order valence-corrected chi connectivity index (χ0v) is 22.1. The van der Waals surface area contributed by atoms with E-state index in [1.807, 2.05) is 31.2 Å². The minimum absolute atomic E-state index is 0.129. The van der Waals surface area contributed by atoms with Gasteiger partial charge in [-0.3, -0.25) is 14.7 Å². The normalized spacial score (nSPS) is 16.5. The van der Waals surface area contributed by atoms with Crippen molar-refractivity contribution in [2.24, 2.45) is 4.99 Å². The molecule has 0 N–H and O–H groups in total. The van der Waals surface area contributed by atoms with Crippen LogP contribution in [0.25, 0.3) is 6.08 Å². The molecule has 2 aromatic rings. The number of amidine groups is 1. The summed E-state index contributed by atoms with van der Waals surface area (Å²) in [5.74, 6) is -0.257. The number of nitrogens with zero attached hydrogens (tertiary/aromatic N) is 2. The highest BCUT2D eigenvalue weighted by atomic mass is 35.5. The average molecular weight is 513 g/mol. The number of thioether (sulfide) groups is 1. The Bertz CT molecular complexity index is 1200. The summed E-state index contributed by atoms with van der Waals surface area (Å²) in [7, 11) is 0. The van der Waals surface area contributed by atoms with E-state index in [4.69, 9.17) is 21.1 Å². The second kappa shape index (κ2) is 11.6. The molecule has 0 radical (unpaired) electrons. The second-order valence-electron chi connectivity index (χ2n) is 8.85. The van der Waals surface area contributed by atoms with Crippen LogP contribution in [-0.2, 0) is 14.3 Å². The maximum atomic E-state index is 13.3. The largest absolute Gasteiger partial charge is 0.463 e. The number of carbonyl (C=O) groups is 2. The van der Waals surface area contributed by atoms with Gasteiger partial charge in [-0.2, -0.15) is 0 Å². The van der Waals surface area contributed by atoms with Gasteiger partial charge >= 0.3 is 5.97 Å². The highest BCUT2D eigenvalue weighted by Crippen LogP contribution is 2.38. The summed E-state index contributed by atoms with van der Waals surface area (Å²) >= 11 is 7.73. The summed E-state index contributed by atoms with van der Waals surface area (Å²) < 4.78 is 10.7. The Morgan fingerprint density at radius 3 is 2.60 bits per heavy atom. The van der Waals surface area contributed by atoms with Crippen LogP contribution in [0.4, 0.5) is 5.69 Å². The number of halogens is 1. The van der Waals surface area contributed by atoms with E-state index in [1.165, 1.54) is 24.1 Å². The lowest BCUT2D eigenvalue weighted by Crippen LogP contribution is -2.29. The third-order valence-electron chi connectivity index (χ3n) is 4.69. The number of amides is 1. The van der Waals surface area contributed by atoms with E-state index >= 15 is 0 Å². The van der Waals surface area contributed by atoms with E-state index < -0.39 is 11.6 Å². The molecule has 1 amide bonds. The van der Waals surface area contributed by atoms with Crippen molar-refractivity contribution in [1.29, 1.82) is 0 Å². The lowest BCUT2D eigenvalue weighted by molar-refractivity contribution is -0.148. The van der Waals surface area contributed by atoms with Crippen LogP contribution < -0.4 is 9.64 Å². The molecule has 8 heteroatoms. The first-order valence-electron chi connectivity index (χ1n) is 11.3. The molecule has 6 nitrogen and oxygen atoms in total. The summed E-state index contributed by atoms with van der Waals surface area (Å²) in [4.78, 5) is 32.0. The molecule has 0 unspecified atom stereocenters. The summed E-state index contributed by atoms with van der Waals surface area (Å²) in [6.07, 6.45) is 5.11. The molecule has 1 aliphatic rings. The quantitative estimate of drug-likeness (QED) is 0.232. The number of aryl methyl sites for hydroxylation is 1. The van der Waals surface area contributed by atoms with Gasteiger partial charge in [0.05, 0.1) is 28.0 Å². The SMILES string of the molecule is CCCN=C1S/C(=C\c2ccc(O/C=C/C(=O)OC(C)(C)C)c(Cl)c2)C(=O)N1c1ccccc1C. The van der Waals surface area contributed by atoms with E-state index in [2.05, 4.69) is 11.9 Å². The number of para-hydroxylation sites is 1. The Hall–Kier alpha value is -3.03. The van der Waals surface area contributed by atoms with Gasteiger partial charge in [0, 0.05) is 6.54 Å². The van der Waals surface area contributed by atoms with Crippen LogP contribution >= 0.6 is 23.4 Å². The number of hydrogen-bond acceptors (Lipinski definition) is 6. The molecule has 0 atom stereocenters. The number of rotatable bonds is 7. The standard InChI is InChI=1S/C27H29ClN2O4S/c1-6-14-29-26-30(21-10-8-7-9-18(21)2)25(32)23(35-26)17-19-11-12-22(20(28)16-19)33-15-13-24(31)34-27(3,4)5/h7-13,15-17H,6,14H2,1-5H3/b15-13+,23-17-,29-26?. The molecule has 0 aromatic heterocycles. The van der Waals surface area contributed by atoms with Crippen LogP contribution in [0.1, 0.15) is 45.2 Å². The van der Waals surface area contributed by atoms with E-state index in [0.717, 1.165) is 23.2 Å². The average Bonchev–Trinajstić information content (AvgIpc) is 3.07. The van der Waals surface area contributed by atoms with E-state index in [0.29, 0.717) is 27.4 Å². The van der Waals surface area contributed by atoms with Gasteiger partial charge in [0.1, 0.15) is 11.4 Å². The van der Waals surface area contributed by atoms with Gasteiger partial charge in [-0.15, -0.1) is 0 Å². The molecule has 1 aliphatic heterocycles. The minimum atomic E-state index is -0.584. The smallest absolute Gasteiger partial charge is 0.334 e. The van der Waals surface area contributed by atoms with Gasteiger partial charge in [-0.25, -0.2) is 4.79 Å². The van der Waals surface area contributed by atoms with Crippen LogP contribution in [-0.4, -0.2) is 29.2 Å². The fraction of sp³-hybridized carbons (Fsp3) is 0.296. The van der Waals surface area contributed by atoms with Crippen molar-refractivity contribution in [3.63, 3.8) is 0 Å². The number of aliphatic imine (C=N–C) groups is 1. The van der Waals surface area contributed by atoms with E-state index in [9.17, 15) is 9.59 Å². The summed E-state index contributed by atoms with van der Waals surface area (Å²) in [5, 5.41) is 1.01. The number of anilines is 1. The van der Waals surface area contributed by atoms with Crippen LogP contribution in [0, 0.1) is 6.92 Å². The van der Waals surface area contributed by atoms with E-state index in [-0.39, 0.29) is 5.91 Å². The van der Waals surface area contributed by atoms with Gasteiger partial charge in [0.15, 0.2) is 5.17 Å². The molecule has 2 aromatic carbocycles. The number of carbonyl (C=O) groups excluding carboxylic acids is 2. The molecule has 3 rings (SSSR count). The highest BCUT2D eigenvalue weighted by molar-refractivity contribution is 8.19. The number of ether oxygens (including phenoxy) is 2. The fourth-order valence-electron chi connectivity index (χ4n) is 3.17. The lowest BCUT2D eigenvalue weighted by atomic mass is 10.1. The molecule has 184 valence electrons. The third-order valence-corrected chi connectivity index (χ3v) is 6.00. The first kappa shape index (κ1) is 26.6. The Balaban J connectivity index is 1.80. The first-order valence-corrected chi connectivity index (χ1v) is 12.5. The zero-order chi connectivity index (χ0) is 25.6. The van der Waals surface area contributed by atoms with Crippen molar-refractivity contribution in [1.82, 2.24) is 0 Å². The van der Waals surface area contributed by atoms with Crippen LogP contribution in [0.15, 0.2) is 64.7 Å². The lowest BCUT2D eigenvalue weighted by Gasteiger charge is -2.18. The molecule has 0 saturated carbocycles. The predicted octanol–water partition coefficient (Wildman–Crippen LogP) is 6.77. The predicted molar refractivity (Wildman–Crippen MR) is 144 cm³/mol. The van der Waals surface area contributed by atoms with Crippen molar-refractivity contribution < 1.29 is 19.1 Å². The topological polar surface area (TPSA) is 68.2 Å². The van der Waals surface area contributed by atoms with Crippen molar-refractivity contribution >= 4 is 52.2 Å². The van der Waals surface area contributed by atoms with Gasteiger partial charge in [0.25, 0.3) is 5.91 Å². The summed E-state index contributed by atoms with van der Waals surface area (Å²) in [6.45, 7) is 10.0. The monoisotopic (exact) mass is 512 g/mol. The maximum Gasteiger partial charge on any atom is 0.334 e. The van der Waals surface area contributed by atoms with Gasteiger partial charge in [0.2, 0.25) is 0 Å². The molecule has 1 fully saturated rings. The van der Waals surface area contributed by atoms with Gasteiger partial charge < -0.3 is 9.47 Å². The Morgan fingerprint density at radius 2 is 1.94 bits per heavy atom. The summed E-state index contributed by atoms with van der Waals surface area (Å²) in [6, 6.07) is 12.9.